The molecule has 1 aliphatic rings. The van der Waals surface area contributed by atoms with E-state index in [4.69, 9.17) is 10.5 Å². The zero-order valence-corrected chi connectivity index (χ0v) is 13.9. The second-order valence-electron chi connectivity index (χ2n) is 6.05. The lowest BCUT2D eigenvalue weighted by Crippen LogP contribution is -2.03. The van der Waals surface area contributed by atoms with E-state index in [0.717, 1.165) is 16.7 Å². The molecule has 1 aromatic heterocycles. The number of hydrogen-bond donors (Lipinski definition) is 3. The van der Waals surface area contributed by atoms with Gasteiger partial charge >= 0.3 is 0 Å². The highest BCUT2D eigenvalue weighted by atomic mass is 16.5. The number of ether oxygens (including phenoxy) is 1. The van der Waals surface area contributed by atoms with Gasteiger partial charge in [-0.1, -0.05) is 12.1 Å². The van der Waals surface area contributed by atoms with Crippen LogP contribution in [0.2, 0.25) is 0 Å². The topological polar surface area (TPSA) is 112 Å². The van der Waals surface area contributed by atoms with Crippen LogP contribution in [0.1, 0.15) is 16.7 Å². The number of benzene rings is 2. The monoisotopic (exact) mass is 345 g/mol. The van der Waals surface area contributed by atoms with E-state index in [0.29, 0.717) is 29.0 Å². The summed E-state index contributed by atoms with van der Waals surface area (Å²) in [7, 11) is 1.50. The van der Waals surface area contributed by atoms with E-state index in [1.807, 2.05) is 6.07 Å². The Morgan fingerprint density at radius 1 is 1.15 bits per heavy atom. The number of methoxy groups -OCH3 is 1. The summed E-state index contributed by atoms with van der Waals surface area (Å²) in [4.78, 5) is 4.42. The van der Waals surface area contributed by atoms with E-state index in [1.165, 1.54) is 19.2 Å². The van der Waals surface area contributed by atoms with Gasteiger partial charge in [-0.25, -0.2) is 4.98 Å². The van der Waals surface area contributed by atoms with Gasteiger partial charge in [0.05, 0.1) is 12.8 Å². The van der Waals surface area contributed by atoms with Gasteiger partial charge in [0.15, 0.2) is 0 Å². The van der Waals surface area contributed by atoms with Crippen LogP contribution in [0.15, 0.2) is 36.4 Å². The standard InChI is InChI=1S/C20H15N3O3/c1-26-17-7-10(24)5-6-12(17)18-14-8-13-11(3-2-4-16(13)25)19(14)23-20(22)15(18)9-21/h2-7,24-25H,8H2,1H3,(H2,22,23). The third-order valence-corrected chi connectivity index (χ3v) is 4.65. The largest absolute Gasteiger partial charge is 0.508 e. The van der Waals surface area contributed by atoms with Crippen LogP contribution in [-0.4, -0.2) is 22.3 Å². The quantitative estimate of drug-likeness (QED) is 0.514. The van der Waals surface area contributed by atoms with Gasteiger partial charge in [0, 0.05) is 34.7 Å². The van der Waals surface area contributed by atoms with Crippen molar-refractivity contribution in [3.05, 3.63) is 53.1 Å². The molecule has 0 amide bonds. The lowest BCUT2D eigenvalue weighted by molar-refractivity contribution is 0.409. The summed E-state index contributed by atoms with van der Waals surface area (Å²) in [5.74, 6) is 0.784. The number of nitrogens with zero attached hydrogens (tertiary/aromatic N) is 2. The smallest absolute Gasteiger partial charge is 0.142 e. The molecule has 4 rings (SSSR count). The number of fused-ring (bicyclic) bond motifs is 3. The highest BCUT2D eigenvalue weighted by Gasteiger charge is 2.30. The lowest BCUT2D eigenvalue weighted by Gasteiger charge is -2.15. The van der Waals surface area contributed by atoms with E-state index in [1.54, 1.807) is 18.2 Å². The SMILES string of the molecule is COc1cc(O)ccc1-c1c(C#N)c(N)nc2c1Cc1c(O)cccc1-2. The number of aromatic nitrogens is 1. The molecule has 1 aliphatic carbocycles. The van der Waals surface area contributed by atoms with E-state index in [9.17, 15) is 15.5 Å². The van der Waals surface area contributed by atoms with Crippen LogP contribution in [0.25, 0.3) is 22.4 Å². The van der Waals surface area contributed by atoms with Crippen molar-refractivity contribution < 1.29 is 14.9 Å². The molecule has 6 nitrogen and oxygen atoms in total. The Balaban J connectivity index is 2.08. The minimum Gasteiger partial charge on any atom is -0.508 e. The van der Waals surface area contributed by atoms with Crippen molar-refractivity contribution in [2.45, 2.75) is 6.42 Å². The highest BCUT2D eigenvalue weighted by molar-refractivity contribution is 5.91. The Bertz CT molecular complexity index is 1100. The van der Waals surface area contributed by atoms with Crippen molar-refractivity contribution in [1.29, 1.82) is 5.26 Å². The Hall–Kier alpha value is -3.72. The Labute approximate surface area is 149 Å². The molecule has 0 saturated heterocycles. The molecule has 26 heavy (non-hydrogen) atoms. The molecular weight excluding hydrogens is 330 g/mol. The predicted octanol–water partition coefficient (Wildman–Crippen LogP) is 3.19. The zero-order valence-electron chi connectivity index (χ0n) is 13.9. The average Bonchev–Trinajstić information content (AvgIpc) is 3.00. The van der Waals surface area contributed by atoms with Gasteiger partial charge in [-0.2, -0.15) is 5.26 Å². The van der Waals surface area contributed by atoms with Crippen molar-refractivity contribution in [1.82, 2.24) is 4.98 Å². The minimum absolute atomic E-state index is 0.0590. The van der Waals surface area contributed by atoms with Crippen molar-refractivity contribution in [2.24, 2.45) is 0 Å². The van der Waals surface area contributed by atoms with Crippen molar-refractivity contribution in [3.63, 3.8) is 0 Å². The molecular formula is C20H15N3O3. The number of pyridine rings is 1. The summed E-state index contributed by atoms with van der Waals surface area (Å²) in [5, 5.41) is 29.6. The maximum atomic E-state index is 10.2. The fourth-order valence-electron chi connectivity index (χ4n) is 3.49. The van der Waals surface area contributed by atoms with Crippen molar-refractivity contribution in [2.75, 3.05) is 12.8 Å². The number of phenolic OH excluding ortho intramolecular Hbond substituents is 2. The molecule has 3 aromatic rings. The number of anilines is 1. The number of rotatable bonds is 2. The average molecular weight is 345 g/mol. The summed E-state index contributed by atoms with van der Waals surface area (Å²) in [6.45, 7) is 0. The summed E-state index contributed by atoms with van der Waals surface area (Å²) in [6.07, 6.45) is 0.429. The van der Waals surface area contributed by atoms with Crippen LogP contribution >= 0.6 is 0 Å². The van der Waals surface area contributed by atoms with Crippen molar-refractivity contribution >= 4 is 5.82 Å². The molecule has 0 saturated carbocycles. The zero-order chi connectivity index (χ0) is 18.4. The van der Waals surface area contributed by atoms with E-state index in [-0.39, 0.29) is 22.9 Å². The van der Waals surface area contributed by atoms with Gasteiger partial charge in [-0.15, -0.1) is 0 Å². The van der Waals surface area contributed by atoms with Crippen molar-refractivity contribution in [3.8, 4) is 45.7 Å². The third-order valence-electron chi connectivity index (χ3n) is 4.65. The van der Waals surface area contributed by atoms with Crippen LogP contribution in [-0.2, 0) is 6.42 Å². The summed E-state index contributed by atoms with van der Waals surface area (Å²) < 4.78 is 5.40. The molecule has 2 aromatic carbocycles. The molecule has 0 aliphatic heterocycles. The summed E-state index contributed by atoms with van der Waals surface area (Å²) >= 11 is 0. The van der Waals surface area contributed by atoms with Gasteiger partial charge in [-0.3, -0.25) is 0 Å². The fraction of sp³-hybridized carbons (Fsp3) is 0.100. The van der Waals surface area contributed by atoms with Crippen LogP contribution < -0.4 is 10.5 Å². The Morgan fingerprint density at radius 3 is 2.69 bits per heavy atom. The minimum atomic E-state index is 0.0590. The molecule has 128 valence electrons. The molecule has 1 heterocycles. The lowest BCUT2D eigenvalue weighted by atomic mass is 9.93. The maximum Gasteiger partial charge on any atom is 0.142 e. The fourth-order valence-corrected chi connectivity index (χ4v) is 3.49. The molecule has 6 heteroatoms. The number of aromatic hydroxyl groups is 2. The van der Waals surface area contributed by atoms with Crippen LogP contribution in [0.5, 0.6) is 17.2 Å². The first-order valence-electron chi connectivity index (χ1n) is 7.96. The molecule has 0 unspecified atom stereocenters. The molecule has 0 atom stereocenters. The second-order valence-corrected chi connectivity index (χ2v) is 6.05. The predicted molar refractivity (Wildman–Crippen MR) is 96.9 cm³/mol. The number of phenols is 2. The summed E-state index contributed by atoms with van der Waals surface area (Å²) in [6, 6.07) is 12.1. The number of nitrogens with two attached hydrogens (primary N) is 1. The maximum absolute atomic E-state index is 10.2. The van der Waals surface area contributed by atoms with E-state index < -0.39 is 0 Å². The second kappa shape index (κ2) is 5.67. The third kappa shape index (κ3) is 2.15. The van der Waals surface area contributed by atoms with E-state index >= 15 is 0 Å². The molecule has 0 radical (unpaired) electrons. The number of nitriles is 1. The molecule has 0 bridgehead atoms. The summed E-state index contributed by atoms with van der Waals surface area (Å²) in [5.41, 5.74) is 10.6. The Morgan fingerprint density at radius 2 is 1.96 bits per heavy atom. The van der Waals surface area contributed by atoms with Gasteiger partial charge < -0.3 is 20.7 Å². The first kappa shape index (κ1) is 15.8. The normalized spacial score (nSPS) is 11.5. The molecule has 0 spiro atoms. The Kier molecular flexibility index (Phi) is 3.44. The van der Waals surface area contributed by atoms with Gasteiger partial charge in [0.2, 0.25) is 0 Å². The van der Waals surface area contributed by atoms with Gasteiger partial charge in [0.25, 0.3) is 0 Å². The van der Waals surface area contributed by atoms with Gasteiger partial charge in [0.1, 0.15) is 34.7 Å². The number of hydrogen-bond acceptors (Lipinski definition) is 6. The molecule has 0 fully saturated rings. The van der Waals surface area contributed by atoms with Crippen LogP contribution in [0.4, 0.5) is 5.82 Å². The number of nitrogen functional groups attached to an aromatic ring is 1. The first-order chi connectivity index (χ1) is 12.5. The first-order valence-corrected chi connectivity index (χ1v) is 7.96. The van der Waals surface area contributed by atoms with E-state index in [2.05, 4.69) is 11.1 Å². The van der Waals surface area contributed by atoms with Crippen LogP contribution in [0, 0.1) is 11.3 Å². The van der Waals surface area contributed by atoms with Crippen LogP contribution in [0.3, 0.4) is 0 Å². The molecule has 4 N–H and O–H groups in total. The van der Waals surface area contributed by atoms with Gasteiger partial charge in [-0.05, 0) is 23.8 Å². The highest BCUT2D eigenvalue weighted by Crippen LogP contribution is 2.47.